The monoisotopic (exact) mass is 239 g/mol. The second-order valence-electron chi connectivity index (χ2n) is 3.61. The van der Waals surface area contributed by atoms with Crippen molar-refractivity contribution in [3.05, 3.63) is 28.1 Å². The van der Waals surface area contributed by atoms with Gasteiger partial charge in [-0.3, -0.25) is 0 Å². The third kappa shape index (κ3) is 2.42. The zero-order valence-corrected chi connectivity index (χ0v) is 9.52. The quantitative estimate of drug-likeness (QED) is 0.711. The average Bonchev–Trinajstić information content (AvgIpc) is 2.22. The van der Waals surface area contributed by atoms with Crippen LogP contribution >= 0.6 is 0 Å². The molecule has 6 nitrogen and oxygen atoms in total. The predicted octanol–water partition coefficient (Wildman–Crippen LogP) is 0.630. The van der Waals surface area contributed by atoms with Gasteiger partial charge in [0.1, 0.15) is 0 Å². The van der Waals surface area contributed by atoms with Crippen molar-refractivity contribution in [3.63, 3.8) is 0 Å². The SMILES string of the molecule is Cc1nc(C(=O)O)c(C(=O)O)c(C)c1CCO. The average molecular weight is 239 g/mol. The number of aliphatic hydroxyl groups is 1. The van der Waals surface area contributed by atoms with Gasteiger partial charge in [-0.15, -0.1) is 0 Å². The van der Waals surface area contributed by atoms with Crippen LogP contribution < -0.4 is 0 Å². The van der Waals surface area contributed by atoms with Gasteiger partial charge in [-0.1, -0.05) is 0 Å². The number of aryl methyl sites for hydroxylation is 1. The Bertz CT molecular complexity index is 481. The lowest BCUT2D eigenvalue weighted by Gasteiger charge is -2.12. The maximum atomic E-state index is 11.0. The fourth-order valence-corrected chi connectivity index (χ4v) is 1.79. The second kappa shape index (κ2) is 4.92. The number of aromatic carboxylic acids is 2. The van der Waals surface area contributed by atoms with E-state index in [1.807, 2.05) is 0 Å². The molecule has 0 radical (unpaired) electrons. The number of nitrogens with zero attached hydrogens (tertiary/aromatic N) is 1. The highest BCUT2D eigenvalue weighted by Crippen LogP contribution is 2.20. The van der Waals surface area contributed by atoms with Gasteiger partial charge in [-0.25, -0.2) is 14.6 Å². The van der Waals surface area contributed by atoms with E-state index < -0.39 is 17.6 Å². The molecule has 1 heterocycles. The van der Waals surface area contributed by atoms with Crippen molar-refractivity contribution in [1.82, 2.24) is 4.98 Å². The molecule has 0 saturated carbocycles. The lowest BCUT2D eigenvalue weighted by atomic mass is 9.97. The summed E-state index contributed by atoms with van der Waals surface area (Å²) in [5.41, 5.74) is 0.575. The summed E-state index contributed by atoms with van der Waals surface area (Å²) in [4.78, 5) is 25.8. The summed E-state index contributed by atoms with van der Waals surface area (Å²) in [6, 6.07) is 0. The Labute approximate surface area is 97.5 Å². The van der Waals surface area contributed by atoms with E-state index in [1.54, 1.807) is 6.92 Å². The highest BCUT2D eigenvalue weighted by molar-refractivity contribution is 6.01. The van der Waals surface area contributed by atoms with Gasteiger partial charge in [0.05, 0.1) is 5.56 Å². The van der Waals surface area contributed by atoms with Crippen molar-refractivity contribution >= 4 is 11.9 Å². The molecule has 0 aromatic carbocycles. The second-order valence-corrected chi connectivity index (χ2v) is 3.61. The first-order valence-electron chi connectivity index (χ1n) is 4.97. The van der Waals surface area contributed by atoms with E-state index >= 15 is 0 Å². The van der Waals surface area contributed by atoms with Crippen molar-refractivity contribution in [3.8, 4) is 0 Å². The van der Waals surface area contributed by atoms with Crippen molar-refractivity contribution in [1.29, 1.82) is 0 Å². The molecule has 0 bridgehead atoms. The summed E-state index contributed by atoms with van der Waals surface area (Å²) >= 11 is 0. The fourth-order valence-electron chi connectivity index (χ4n) is 1.79. The van der Waals surface area contributed by atoms with Crippen LogP contribution in [0.3, 0.4) is 0 Å². The number of hydrogen-bond acceptors (Lipinski definition) is 4. The van der Waals surface area contributed by atoms with Gasteiger partial charge in [-0.05, 0) is 31.4 Å². The number of pyridine rings is 1. The van der Waals surface area contributed by atoms with E-state index in [2.05, 4.69) is 4.98 Å². The number of carboxylic acids is 2. The van der Waals surface area contributed by atoms with Crippen LogP contribution in [-0.4, -0.2) is 38.8 Å². The first-order valence-corrected chi connectivity index (χ1v) is 4.97. The van der Waals surface area contributed by atoms with E-state index in [4.69, 9.17) is 15.3 Å². The zero-order chi connectivity index (χ0) is 13.2. The Morgan fingerprint density at radius 3 is 2.18 bits per heavy atom. The fraction of sp³-hybridized carbons (Fsp3) is 0.364. The molecule has 6 heteroatoms. The molecular formula is C11H13NO5. The standard InChI is InChI=1S/C11H13NO5/c1-5-7(3-4-13)6(2)12-9(11(16)17)8(5)10(14)15/h13H,3-4H2,1-2H3,(H,14,15)(H,16,17). The Kier molecular flexibility index (Phi) is 3.80. The van der Waals surface area contributed by atoms with Gasteiger partial charge in [0.15, 0.2) is 5.69 Å². The summed E-state index contributed by atoms with van der Waals surface area (Å²) < 4.78 is 0. The molecule has 0 aliphatic carbocycles. The Hall–Kier alpha value is -1.95. The molecule has 1 aromatic heterocycles. The summed E-state index contributed by atoms with van der Waals surface area (Å²) in [5.74, 6) is -2.70. The molecule has 1 rings (SSSR count). The van der Waals surface area contributed by atoms with Crippen LogP contribution in [0.4, 0.5) is 0 Å². The van der Waals surface area contributed by atoms with E-state index in [-0.39, 0.29) is 18.6 Å². The lowest BCUT2D eigenvalue weighted by Crippen LogP contribution is -2.16. The number of aliphatic hydroxyl groups excluding tert-OH is 1. The molecule has 0 aliphatic heterocycles. The minimum Gasteiger partial charge on any atom is -0.478 e. The van der Waals surface area contributed by atoms with Crippen LogP contribution in [0, 0.1) is 13.8 Å². The van der Waals surface area contributed by atoms with Gasteiger partial charge in [0.2, 0.25) is 0 Å². The third-order valence-corrected chi connectivity index (χ3v) is 2.56. The Morgan fingerprint density at radius 2 is 1.76 bits per heavy atom. The number of aromatic nitrogens is 1. The molecule has 0 saturated heterocycles. The van der Waals surface area contributed by atoms with Crippen molar-refractivity contribution in [2.75, 3.05) is 6.61 Å². The van der Waals surface area contributed by atoms with Crippen LogP contribution in [0.5, 0.6) is 0 Å². The van der Waals surface area contributed by atoms with Crippen LogP contribution in [0.2, 0.25) is 0 Å². The molecule has 3 N–H and O–H groups in total. The Morgan fingerprint density at radius 1 is 1.18 bits per heavy atom. The summed E-state index contributed by atoms with van der Waals surface area (Å²) in [7, 11) is 0. The van der Waals surface area contributed by atoms with Crippen LogP contribution in [0.25, 0.3) is 0 Å². The van der Waals surface area contributed by atoms with Crippen molar-refractivity contribution in [2.45, 2.75) is 20.3 Å². The number of hydrogen-bond donors (Lipinski definition) is 3. The van der Waals surface area contributed by atoms with Crippen LogP contribution in [-0.2, 0) is 6.42 Å². The molecule has 0 amide bonds. The summed E-state index contributed by atoms with van der Waals surface area (Å²) in [5, 5.41) is 26.8. The largest absolute Gasteiger partial charge is 0.478 e. The van der Waals surface area contributed by atoms with Gasteiger partial charge in [0.25, 0.3) is 0 Å². The molecule has 0 unspecified atom stereocenters. The molecule has 1 aromatic rings. The summed E-state index contributed by atoms with van der Waals surface area (Å²) in [6.45, 7) is 2.97. The first-order chi connectivity index (χ1) is 7.90. The van der Waals surface area contributed by atoms with Gasteiger partial charge < -0.3 is 15.3 Å². The summed E-state index contributed by atoms with van der Waals surface area (Å²) in [6.07, 6.45) is 0.255. The maximum Gasteiger partial charge on any atom is 0.355 e. The molecule has 0 spiro atoms. The third-order valence-electron chi connectivity index (χ3n) is 2.56. The van der Waals surface area contributed by atoms with E-state index in [1.165, 1.54) is 6.92 Å². The minimum atomic E-state index is -1.37. The predicted molar refractivity (Wildman–Crippen MR) is 58.4 cm³/mol. The smallest absolute Gasteiger partial charge is 0.355 e. The zero-order valence-electron chi connectivity index (χ0n) is 9.52. The molecule has 92 valence electrons. The maximum absolute atomic E-state index is 11.0. The molecular weight excluding hydrogens is 226 g/mol. The number of carbonyl (C=O) groups is 2. The molecule has 0 fully saturated rings. The highest BCUT2D eigenvalue weighted by atomic mass is 16.4. The molecule has 17 heavy (non-hydrogen) atoms. The first kappa shape index (κ1) is 13.1. The normalized spacial score (nSPS) is 10.3. The van der Waals surface area contributed by atoms with E-state index in [9.17, 15) is 9.59 Å². The van der Waals surface area contributed by atoms with E-state index in [0.717, 1.165) is 0 Å². The molecule has 0 aliphatic rings. The molecule has 0 atom stereocenters. The Balaban J connectivity index is 3.57. The van der Waals surface area contributed by atoms with Crippen LogP contribution in [0.1, 0.15) is 37.7 Å². The van der Waals surface area contributed by atoms with E-state index in [0.29, 0.717) is 16.8 Å². The van der Waals surface area contributed by atoms with Crippen molar-refractivity contribution in [2.24, 2.45) is 0 Å². The highest BCUT2D eigenvalue weighted by Gasteiger charge is 2.23. The van der Waals surface area contributed by atoms with Crippen molar-refractivity contribution < 1.29 is 24.9 Å². The number of carboxylic acid groups (broad SMARTS) is 2. The van der Waals surface area contributed by atoms with Gasteiger partial charge in [0, 0.05) is 12.3 Å². The minimum absolute atomic E-state index is 0.144. The van der Waals surface area contributed by atoms with Gasteiger partial charge in [-0.2, -0.15) is 0 Å². The van der Waals surface area contributed by atoms with Crippen LogP contribution in [0.15, 0.2) is 0 Å². The lowest BCUT2D eigenvalue weighted by molar-refractivity contribution is 0.0645. The van der Waals surface area contributed by atoms with Gasteiger partial charge >= 0.3 is 11.9 Å². The topological polar surface area (TPSA) is 108 Å². The number of rotatable bonds is 4.